The molecule has 0 atom stereocenters. The van der Waals surface area contributed by atoms with Gasteiger partial charge in [0.25, 0.3) is 0 Å². The fourth-order valence-corrected chi connectivity index (χ4v) is 4.30. The van der Waals surface area contributed by atoms with Crippen molar-refractivity contribution in [1.29, 1.82) is 0 Å². The molecule has 1 aliphatic heterocycles. The summed E-state index contributed by atoms with van der Waals surface area (Å²) in [5.41, 5.74) is 13.8. The van der Waals surface area contributed by atoms with Gasteiger partial charge in [-0.05, 0) is 60.9 Å². The van der Waals surface area contributed by atoms with Crippen LogP contribution in [0, 0.1) is 13.8 Å². The van der Waals surface area contributed by atoms with Gasteiger partial charge < -0.3 is 21.1 Å². The van der Waals surface area contributed by atoms with Gasteiger partial charge in [-0.2, -0.15) is 5.10 Å². The van der Waals surface area contributed by atoms with Gasteiger partial charge in [0, 0.05) is 36.6 Å². The van der Waals surface area contributed by atoms with E-state index < -0.39 is 0 Å². The third kappa shape index (κ3) is 4.96. The zero-order valence-electron chi connectivity index (χ0n) is 19.9. The largest absolute Gasteiger partial charge is 0.382 e. The minimum Gasteiger partial charge on any atom is -0.382 e. The summed E-state index contributed by atoms with van der Waals surface area (Å²) < 4.78 is 7.34. The molecule has 1 saturated heterocycles. The Labute approximate surface area is 203 Å². The van der Waals surface area contributed by atoms with E-state index in [4.69, 9.17) is 10.5 Å². The van der Waals surface area contributed by atoms with E-state index in [-0.39, 0.29) is 6.03 Å². The highest BCUT2D eigenvalue weighted by Crippen LogP contribution is 2.31. The molecule has 0 spiro atoms. The van der Waals surface area contributed by atoms with Gasteiger partial charge in [0.1, 0.15) is 11.8 Å². The summed E-state index contributed by atoms with van der Waals surface area (Å²) in [7, 11) is 0. The van der Waals surface area contributed by atoms with Crippen LogP contribution < -0.4 is 16.4 Å². The number of nitrogens with zero attached hydrogens (tertiary/aromatic N) is 4. The second-order valence-electron chi connectivity index (χ2n) is 8.80. The highest BCUT2D eigenvalue weighted by molar-refractivity contribution is 6.00. The molecule has 3 heterocycles. The van der Waals surface area contributed by atoms with E-state index >= 15 is 0 Å². The van der Waals surface area contributed by atoms with Crippen molar-refractivity contribution in [2.24, 2.45) is 0 Å². The maximum Gasteiger partial charge on any atom is 0.323 e. The lowest BCUT2D eigenvalue weighted by molar-refractivity contribution is 0.0334. The fraction of sp³-hybridized carbons (Fsp3) is 0.269. The van der Waals surface area contributed by atoms with E-state index in [1.54, 1.807) is 0 Å². The van der Waals surface area contributed by atoms with Crippen LogP contribution in [0.4, 0.5) is 22.0 Å². The summed E-state index contributed by atoms with van der Waals surface area (Å²) in [6.07, 6.45) is 1.48. The highest BCUT2D eigenvalue weighted by atomic mass is 16.5. The van der Waals surface area contributed by atoms with Gasteiger partial charge in [-0.3, -0.25) is 4.90 Å². The lowest BCUT2D eigenvalue weighted by atomic mass is 10.1. The molecule has 1 aliphatic rings. The molecule has 0 radical (unpaired) electrons. The number of nitrogens with two attached hydrogens (primary N) is 1. The molecule has 4 N–H and O–H groups in total. The molecule has 0 unspecified atom stereocenters. The molecule has 2 aromatic carbocycles. The predicted octanol–water partition coefficient (Wildman–Crippen LogP) is 4.07. The summed E-state index contributed by atoms with van der Waals surface area (Å²) in [4.78, 5) is 19.0. The Hall–Kier alpha value is -3.95. The predicted molar refractivity (Wildman–Crippen MR) is 137 cm³/mol. The standard InChI is InChI=1S/C26H29N7O2/c1-17-3-6-21(13-18(17)2)31-26(34)30-20-7-4-19(5-8-20)23-14-22(15-32-9-11-35-12-10-32)33-24(23)25(27)28-16-29-33/h3-8,13-14,16H,9-12,15H2,1-2H3,(H2,27,28,29)(H2,30,31,34). The monoisotopic (exact) mass is 471 g/mol. The third-order valence-corrected chi connectivity index (χ3v) is 6.36. The fourth-order valence-electron chi connectivity index (χ4n) is 4.30. The Morgan fingerprint density at radius 3 is 2.46 bits per heavy atom. The summed E-state index contributed by atoms with van der Waals surface area (Å²) in [5, 5.41) is 10.2. The normalized spacial score (nSPS) is 14.2. The van der Waals surface area contributed by atoms with E-state index in [1.165, 1.54) is 11.9 Å². The molecule has 5 rings (SSSR count). The second kappa shape index (κ2) is 9.73. The van der Waals surface area contributed by atoms with Crippen LogP contribution in [-0.2, 0) is 11.3 Å². The van der Waals surface area contributed by atoms with Crippen LogP contribution in [-0.4, -0.2) is 51.8 Å². The molecule has 180 valence electrons. The molecule has 35 heavy (non-hydrogen) atoms. The first-order valence-corrected chi connectivity index (χ1v) is 11.6. The van der Waals surface area contributed by atoms with Crippen molar-refractivity contribution in [3.63, 3.8) is 0 Å². The maximum atomic E-state index is 12.5. The number of fused-ring (bicyclic) bond motifs is 1. The third-order valence-electron chi connectivity index (χ3n) is 6.36. The van der Waals surface area contributed by atoms with E-state index in [0.717, 1.165) is 66.4 Å². The lowest BCUT2D eigenvalue weighted by Gasteiger charge is -2.26. The second-order valence-corrected chi connectivity index (χ2v) is 8.80. The number of urea groups is 1. The molecular formula is C26H29N7O2. The number of aryl methyl sites for hydroxylation is 2. The van der Waals surface area contributed by atoms with Gasteiger partial charge in [0.05, 0.1) is 18.9 Å². The van der Waals surface area contributed by atoms with Crippen molar-refractivity contribution in [1.82, 2.24) is 19.5 Å². The average molecular weight is 472 g/mol. The molecule has 0 aliphatic carbocycles. The number of benzene rings is 2. The molecule has 9 nitrogen and oxygen atoms in total. The number of anilines is 3. The summed E-state index contributed by atoms with van der Waals surface area (Å²) in [6, 6.07) is 15.3. The van der Waals surface area contributed by atoms with Crippen LogP contribution in [0.3, 0.4) is 0 Å². The molecule has 9 heteroatoms. The van der Waals surface area contributed by atoms with Crippen LogP contribution in [0.5, 0.6) is 0 Å². The van der Waals surface area contributed by atoms with Crippen LogP contribution in [0.25, 0.3) is 16.6 Å². The molecule has 0 saturated carbocycles. The molecule has 0 bridgehead atoms. The number of aromatic nitrogens is 3. The number of rotatable bonds is 5. The van der Waals surface area contributed by atoms with Crippen molar-refractivity contribution >= 4 is 28.7 Å². The zero-order chi connectivity index (χ0) is 24.4. The van der Waals surface area contributed by atoms with Gasteiger partial charge in [-0.25, -0.2) is 14.3 Å². The Balaban J connectivity index is 1.35. The van der Waals surface area contributed by atoms with Crippen molar-refractivity contribution in [2.75, 3.05) is 42.7 Å². The minimum absolute atomic E-state index is 0.291. The van der Waals surface area contributed by atoms with Crippen molar-refractivity contribution in [2.45, 2.75) is 20.4 Å². The van der Waals surface area contributed by atoms with Gasteiger partial charge in [-0.1, -0.05) is 18.2 Å². The quantitative estimate of drug-likeness (QED) is 0.405. The van der Waals surface area contributed by atoms with E-state index in [0.29, 0.717) is 11.5 Å². The van der Waals surface area contributed by atoms with Gasteiger partial charge in [0.2, 0.25) is 0 Å². The summed E-state index contributed by atoms with van der Waals surface area (Å²) in [6.45, 7) is 8.05. The van der Waals surface area contributed by atoms with Gasteiger partial charge in [-0.15, -0.1) is 0 Å². The smallest absolute Gasteiger partial charge is 0.323 e. The number of hydrogen-bond acceptors (Lipinski definition) is 6. The first-order chi connectivity index (χ1) is 17.0. The van der Waals surface area contributed by atoms with Crippen LogP contribution in [0.2, 0.25) is 0 Å². The Morgan fingerprint density at radius 2 is 1.71 bits per heavy atom. The van der Waals surface area contributed by atoms with Crippen molar-refractivity contribution < 1.29 is 9.53 Å². The Morgan fingerprint density at radius 1 is 1.00 bits per heavy atom. The van der Waals surface area contributed by atoms with Crippen LogP contribution in [0.15, 0.2) is 54.9 Å². The number of hydrogen-bond donors (Lipinski definition) is 3. The number of morpholine rings is 1. The average Bonchev–Trinajstić information content (AvgIpc) is 3.22. The van der Waals surface area contributed by atoms with Crippen LogP contribution >= 0.6 is 0 Å². The van der Waals surface area contributed by atoms with E-state index in [2.05, 4.69) is 31.7 Å². The van der Waals surface area contributed by atoms with Crippen molar-refractivity contribution in [3.05, 3.63) is 71.7 Å². The molecule has 4 aromatic rings. The molecule has 2 aromatic heterocycles. The molecular weight excluding hydrogens is 442 g/mol. The van der Waals surface area contributed by atoms with E-state index in [1.807, 2.05) is 60.8 Å². The van der Waals surface area contributed by atoms with Crippen LogP contribution in [0.1, 0.15) is 16.8 Å². The topological polar surface area (TPSA) is 110 Å². The molecule has 2 amide bonds. The highest BCUT2D eigenvalue weighted by Gasteiger charge is 2.18. The van der Waals surface area contributed by atoms with Crippen molar-refractivity contribution in [3.8, 4) is 11.1 Å². The SMILES string of the molecule is Cc1ccc(NC(=O)Nc2ccc(-c3cc(CN4CCOCC4)n4ncnc(N)c34)cc2)cc1C. The maximum absolute atomic E-state index is 12.5. The number of carbonyl (C=O) groups is 1. The number of amides is 2. The van der Waals surface area contributed by atoms with Gasteiger partial charge in [0.15, 0.2) is 5.82 Å². The molecule has 1 fully saturated rings. The summed E-state index contributed by atoms with van der Waals surface area (Å²) >= 11 is 0. The minimum atomic E-state index is -0.291. The van der Waals surface area contributed by atoms with E-state index in [9.17, 15) is 4.79 Å². The Bertz CT molecular complexity index is 1360. The number of ether oxygens (including phenoxy) is 1. The lowest BCUT2D eigenvalue weighted by Crippen LogP contribution is -2.36. The number of carbonyl (C=O) groups excluding carboxylic acids is 1. The van der Waals surface area contributed by atoms with Gasteiger partial charge >= 0.3 is 6.03 Å². The first-order valence-electron chi connectivity index (χ1n) is 11.6. The zero-order valence-corrected chi connectivity index (χ0v) is 19.9. The number of nitrogen functional groups attached to an aromatic ring is 1. The number of nitrogens with one attached hydrogen (secondary N) is 2. The first kappa shape index (κ1) is 22.8. The summed E-state index contributed by atoms with van der Waals surface area (Å²) in [5.74, 6) is 0.429. The Kier molecular flexibility index (Phi) is 6.35.